The second-order valence-corrected chi connectivity index (χ2v) is 7.27. The third-order valence-electron chi connectivity index (χ3n) is 5.36. The number of esters is 1. The summed E-state index contributed by atoms with van der Waals surface area (Å²) >= 11 is 0. The zero-order valence-electron chi connectivity index (χ0n) is 16.3. The van der Waals surface area contributed by atoms with Crippen molar-refractivity contribution in [3.8, 4) is 5.75 Å². The summed E-state index contributed by atoms with van der Waals surface area (Å²) in [6.07, 6.45) is 4.86. The number of rotatable bonds is 5. The number of carbonyl (C=O) groups excluding carboxylic acids is 2. The molecule has 6 heteroatoms. The van der Waals surface area contributed by atoms with Crippen molar-refractivity contribution in [3.05, 3.63) is 71.3 Å². The fourth-order valence-corrected chi connectivity index (χ4v) is 3.91. The van der Waals surface area contributed by atoms with E-state index in [0.717, 1.165) is 29.7 Å². The zero-order chi connectivity index (χ0) is 20.2. The second kappa shape index (κ2) is 8.39. The van der Waals surface area contributed by atoms with Gasteiger partial charge in [-0.3, -0.25) is 0 Å². The Morgan fingerprint density at radius 2 is 1.69 bits per heavy atom. The molecule has 1 atom stereocenters. The van der Waals surface area contributed by atoms with Gasteiger partial charge in [0.05, 0.1) is 30.5 Å². The highest BCUT2D eigenvalue weighted by molar-refractivity contribution is 6.04. The molecule has 0 aromatic heterocycles. The van der Waals surface area contributed by atoms with Gasteiger partial charge in [0.2, 0.25) is 0 Å². The van der Waals surface area contributed by atoms with E-state index in [9.17, 15) is 9.59 Å². The molecule has 2 N–H and O–H groups in total. The first kappa shape index (κ1) is 19.1. The number of amides is 2. The zero-order valence-corrected chi connectivity index (χ0v) is 16.3. The quantitative estimate of drug-likeness (QED) is 0.756. The molecule has 0 radical (unpaired) electrons. The van der Waals surface area contributed by atoms with E-state index in [2.05, 4.69) is 10.6 Å². The van der Waals surface area contributed by atoms with Crippen molar-refractivity contribution < 1.29 is 19.1 Å². The molecule has 6 nitrogen and oxygen atoms in total. The minimum Gasteiger partial charge on any atom is -0.490 e. The topological polar surface area (TPSA) is 76.7 Å². The molecule has 29 heavy (non-hydrogen) atoms. The molecule has 1 aliphatic carbocycles. The molecule has 150 valence electrons. The molecule has 2 amide bonds. The summed E-state index contributed by atoms with van der Waals surface area (Å²) in [4.78, 5) is 25.0. The lowest BCUT2D eigenvalue weighted by molar-refractivity contribution is -0.136. The summed E-state index contributed by atoms with van der Waals surface area (Å²) in [5.74, 6) is 0.306. The molecule has 1 saturated carbocycles. The maximum absolute atomic E-state index is 12.6. The maximum Gasteiger partial charge on any atom is 0.338 e. The molecule has 0 saturated heterocycles. The molecule has 0 spiro atoms. The van der Waals surface area contributed by atoms with E-state index in [1.165, 1.54) is 20.0 Å². The van der Waals surface area contributed by atoms with Crippen LogP contribution in [0.25, 0.3) is 5.70 Å². The van der Waals surface area contributed by atoms with E-state index in [-0.39, 0.29) is 12.1 Å². The Kier molecular flexibility index (Phi) is 5.51. The number of ether oxygens (including phenoxy) is 2. The van der Waals surface area contributed by atoms with Crippen LogP contribution in [-0.4, -0.2) is 25.2 Å². The largest absolute Gasteiger partial charge is 0.490 e. The van der Waals surface area contributed by atoms with E-state index in [1.54, 1.807) is 0 Å². The van der Waals surface area contributed by atoms with Crippen molar-refractivity contribution in [3.63, 3.8) is 0 Å². The Hall–Kier alpha value is -3.28. The molecular formula is C23H24N2O4. The van der Waals surface area contributed by atoms with Gasteiger partial charge in [0.15, 0.2) is 0 Å². The first-order valence-corrected chi connectivity index (χ1v) is 9.88. The molecule has 2 aliphatic rings. The van der Waals surface area contributed by atoms with Crippen molar-refractivity contribution in [2.24, 2.45) is 0 Å². The standard InChI is InChI=1S/C23H24N2O4/c1-28-22(26)19-20(15-7-3-2-4-8-15)24-23(27)25-21(19)16-11-13-18(14-12-16)29-17-9-5-6-10-17/h2-4,7-8,11-14,17,21H,5-6,9-10H2,1H3,(H2,24,25,27). The lowest BCUT2D eigenvalue weighted by atomic mass is 9.92. The van der Waals surface area contributed by atoms with Gasteiger partial charge in [0.25, 0.3) is 0 Å². The molecule has 2 aromatic rings. The summed E-state index contributed by atoms with van der Waals surface area (Å²) in [5.41, 5.74) is 2.35. The predicted octanol–water partition coefficient (Wildman–Crippen LogP) is 3.95. The monoisotopic (exact) mass is 392 g/mol. The molecule has 2 aromatic carbocycles. The smallest absolute Gasteiger partial charge is 0.338 e. The van der Waals surface area contributed by atoms with E-state index >= 15 is 0 Å². The Morgan fingerprint density at radius 3 is 2.34 bits per heavy atom. The minimum atomic E-state index is -0.619. The minimum absolute atomic E-state index is 0.273. The van der Waals surface area contributed by atoms with Crippen LogP contribution in [0.1, 0.15) is 42.9 Å². The molecule has 0 bridgehead atoms. The van der Waals surface area contributed by atoms with E-state index < -0.39 is 12.0 Å². The van der Waals surface area contributed by atoms with Gasteiger partial charge in [-0.1, -0.05) is 42.5 Å². The van der Waals surface area contributed by atoms with Crippen LogP contribution in [0.2, 0.25) is 0 Å². The number of hydrogen-bond donors (Lipinski definition) is 2. The summed E-state index contributed by atoms with van der Waals surface area (Å²) in [5, 5.41) is 5.60. The first-order valence-electron chi connectivity index (χ1n) is 9.88. The Morgan fingerprint density at radius 1 is 1.00 bits per heavy atom. The van der Waals surface area contributed by atoms with Gasteiger partial charge in [0.1, 0.15) is 5.75 Å². The Labute approximate surface area is 169 Å². The average molecular weight is 392 g/mol. The molecule has 1 heterocycles. The van der Waals surface area contributed by atoms with Crippen LogP contribution in [0.15, 0.2) is 60.2 Å². The van der Waals surface area contributed by atoms with Crippen LogP contribution in [0.3, 0.4) is 0 Å². The number of methoxy groups -OCH3 is 1. The summed E-state index contributed by atoms with van der Waals surface area (Å²) in [6.45, 7) is 0. The SMILES string of the molecule is COC(=O)C1=C(c2ccccc2)NC(=O)NC1c1ccc(OC2CCCC2)cc1. The van der Waals surface area contributed by atoms with Gasteiger partial charge < -0.3 is 20.1 Å². The summed E-state index contributed by atoms with van der Waals surface area (Å²) in [7, 11) is 1.34. The fourth-order valence-electron chi connectivity index (χ4n) is 3.91. The van der Waals surface area contributed by atoms with Crippen LogP contribution in [0.4, 0.5) is 4.79 Å². The highest BCUT2D eigenvalue weighted by Gasteiger charge is 2.34. The fraction of sp³-hybridized carbons (Fsp3) is 0.304. The average Bonchev–Trinajstić information content (AvgIpc) is 3.27. The number of hydrogen-bond acceptors (Lipinski definition) is 4. The maximum atomic E-state index is 12.6. The van der Waals surface area contributed by atoms with Gasteiger partial charge in [-0.15, -0.1) is 0 Å². The summed E-state index contributed by atoms with van der Waals surface area (Å²) in [6, 6.07) is 15.8. The molecule has 1 fully saturated rings. The van der Waals surface area contributed by atoms with E-state index in [4.69, 9.17) is 9.47 Å². The highest BCUT2D eigenvalue weighted by atomic mass is 16.5. The Balaban J connectivity index is 1.68. The molecular weight excluding hydrogens is 368 g/mol. The van der Waals surface area contributed by atoms with Gasteiger partial charge in [-0.25, -0.2) is 9.59 Å². The van der Waals surface area contributed by atoms with Crippen LogP contribution in [0, 0.1) is 0 Å². The van der Waals surface area contributed by atoms with Crippen molar-refractivity contribution in [2.45, 2.75) is 37.8 Å². The third-order valence-corrected chi connectivity index (χ3v) is 5.36. The van der Waals surface area contributed by atoms with Crippen LogP contribution >= 0.6 is 0 Å². The lowest BCUT2D eigenvalue weighted by Crippen LogP contribution is -2.45. The van der Waals surface area contributed by atoms with E-state index in [0.29, 0.717) is 11.3 Å². The third kappa shape index (κ3) is 4.11. The van der Waals surface area contributed by atoms with Crippen molar-refractivity contribution in [2.75, 3.05) is 7.11 Å². The molecule has 1 aliphatic heterocycles. The normalized spacial score (nSPS) is 19.5. The lowest BCUT2D eigenvalue weighted by Gasteiger charge is -2.29. The summed E-state index contributed by atoms with van der Waals surface area (Å²) < 4.78 is 11.0. The van der Waals surface area contributed by atoms with Crippen LogP contribution in [0.5, 0.6) is 5.75 Å². The number of carbonyl (C=O) groups is 2. The number of benzene rings is 2. The van der Waals surface area contributed by atoms with Crippen LogP contribution in [-0.2, 0) is 9.53 Å². The highest BCUT2D eigenvalue weighted by Crippen LogP contribution is 2.33. The van der Waals surface area contributed by atoms with Gasteiger partial charge >= 0.3 is 12.0 Å². The van der Waals surface area contributed by atoms with Crippen LogP contribution < -0.4 is 15.4 Å². The first-order chi connectivity index (χ1) is 14.2. The van der Waals surface area contributed by atoms with Gasteiger partial charge in [-0.05, 0) is 48.9 Å². The molecule has 1 unspecified atom stereocenters. The van der Waals surface area contributed by atoms with Gasteiger partial charge in [-0.2, -0.15) is 0 Å². The number of urea groups is 1. The van der Waals surface area contributed by atoms with Crippen molar-refractivity contribution in [1.29, 1.82) is 0 Å². The number of nitrogens with one attached hydrogen (secondary N) is 2. The van der Waals surface area contributed by atoms with Crippen molar-refractivity contribution in [1.82, 2.24) is 10.6 Å². The predicted molar refractivity (Wildman–Crippen MR) is 109 cm³/mol. The molecule has 4 rings (SSSR count). The Bertz CT molecular complexity index is 916. The van der Waals surface area contributed by atoms with E-state index in [1.807, 2.05) is 54.6 Å². The van der Waals surface area contributed by atoms with Crippen molar-refractivity contribution >= 4 is 17.7 Å². The van der Waals surface area contributed by atoms with Gasteiger partial charge in [0, 0.05) is 0 Å². The second-order valence-electron chi connectivity index (χ2n) is 7.27.